The van der Waals surface area contributed by atoms with E-state index in [-0.39, 0.29) is 5.41 Å². The molecule has 0 aromatic heterocycles. The van der Waals surface area contributed by atoms with E-state index in [4.69, 9.17) is 0 Å². The molecule has 0 heterocycles. The summed E-state index contributed by atoms with van der Waals surface area (Å²) in [6.45, 7) is 4.67. The number of fused-ring (bicyclic) bond motifs is 3. The lowest BCUT2D eigenvalue weighted by atomic mass is 9.71. The van der Waals surface area contributed by atoms with Gasteiger partial charge in [-0.05, 0) is 116 Å². The SMILES string of the molecule is CCCC1(CCC)c2cc(-c3ccc(-c4ccc(S)cc4)cc3)ccc2-c2ccc(-c3ccc(-c4ccc(S)cc4)cc3)cc21. The maximum absolute atomic E-state index is 4.44. The Hall–Kier alpha value is -3.98. The van der Waals surface area contributed by atoms with Crippen LogP contribution >= 0.6 is 25.3 Å². The van der Waals surface area contributed by atoms with Gasteiger partial charge in [-0.25, -0.2) is 0 Å². The van der Waals surface area contributed by atoms with Crippen LogP contribution < -0.4 is 0 Å². The van der Waals surface area contributed by atoms with Crippen LogP contribution in [0.3, 0.4) is 0 Å². The lowest BCUT2D eigenvalue weighted by Crippen LogP contribution is -2.25. The third-order valence-corrected chi connectivity index (χ3v) is 10.1. The molecule has 1 aliphatic rings. The zero-order chi connectivity index (χ0) is 31.0. The molecule has 0 saturated carbocycles. The molecule has 0 aliphatic heterocycles. The number of rotatable bonds is 8. The predicted octanol–water partition coefficient (Wildman–Crippen LogP) is 12.8. The van der Waals surface area contributed by atoms with Crippen molar-refractivity contribution < 1.29 is 0 Å². The Morgan fingerprint density at radius 1 is 0.378 bits per heavy atom. The standard InChI is InChI=1S/C43H38S2/c1-3-25-43(26-4-2)41-27-35(33-9-5-29(6-10-33)31-13-19-37(44)20-14-31)17-23-39(41)40-24-18-36(28-42(40)43)34-11-7-30(8-12-34)32-15-21-38(45)22-16-32/h5-24,27-28,44-45H,3-4,25-26H2,1-2H3. The minimum absolute atomic E-state index is 0.0171. The summed E-state index contributed by atoms with van der Waals surface area (Å²) in [5.41, 5.74) is 15.8. The average molecular weight is 619 g/mol. The van der Waals surface area contributed by atoms with Crippen LogP contribution in [-0.4, -0.2) is 0 Å². The molecule has 0 unspecified atom stereocenters. The molecule has 7 rings (SSSR count). The summed E-state index contributed by atoms with van der Waals surface area (Å²) >= 11 is 8.89. The molecule has 0 fully saturated rings. The first-order valence-electron chi connectivity index (χ1n) is 16.1. The maximum atomic E-state index is 4.44. The van der Waals surface area contributed by atoms with Crippen LogP contribution in [-0.2, 0) is 5.41 Å². The van der Waals surface area contributed by atoms with E-state index in [1.807, 2.05) is 0 Å². The normalized spacial score (nSPS) is 13.0. The van der Waals surface area contributed by atoms with Gasteiger partial charge < -0.3 is 0 Å². The summed E-state index contributed by atoms with van der Waals surface area (Å²) in [5, 5.41) is 0. The van der Waals surface area contributed by atoms with Gasteiger partial charge in [-0.3, -0.25) is 0 Å². The Morgan fingerprint density at radius 3 is 0.956 bits per heavy atom. The molecule has 0 atom stereocenters. The van der Waals surface area contributed by atoms with E-state index >= 15 is 0 Å². The minimum atomic E-state index is 0.0171. The molecule has 45 heavy (non-hydrogen) atoms. The molecule has 0 N–H and O–H groups in total. The van der Waals surface area contributed by atoms with Gasteiger partial charge in [-0.1, -0.05) is 124 Å². The molecule has 2 heteroatoms. The predicted molar refractivity (Wildman–Crippen MR) is 199 cm³/mol. The van der Waals surface area contributed by atoms with E-state index in [0.717, 1.165) is 35.5 Å². The molecule has 0 amide bonds. The second-order valence-electron chi connectivity index (χ2n) is 12.4. The molecular weight excluding hydrogens is 581 g/mol. The van der Waals surface area contributed by atoms with Crippen LogP contribution in [0.25, 0.3) is 55.6 Å². The third kappa shape index (κ3) is 5.56. The van der Waals surface area contributed by atoms with Crippen LogP contribution in [0.4, 0.5) is 0 Å². The van der Waals surface area contributed by atoms with Gasteiger partial charge >= 0.3 is 0 Å². The van der Waals surface area contributed by atoms with Crippen molar-refractivity contribution in [1.29, 1.82) is 0 Å². The fourth-order valence-corrected chi connectivity index (χ4v) is 7.69. The van der Waals surface area contributed by atoms with Gasteiger partial charge in [0.15, 0.2) is 0 Å². The Morgan fingerprint density at radius 2 is 0.644 bits per heavy atom. The van der Waals surface area contributed by atoms with Crippen LogP contribution in [0, 0.1) is 0 Å². The van der Waals surface area contributed by atoms with Crippen molar-refractivity contribution in [2.45, 2.75) is 54.7 Å². The highest BCUT2D eigenvalue weighted by molar-refractivity contribution is 7.80. The molecule has 6 aromatic carbocycles. The van der Waals surface area contributed by atoms with Gasteiger partial charge in [-0.2, -0.15) is 0 Å². The van der Waals surface area contributed by atoms with Crippen LogP contribution in [0.5, 0.6) is 0 Å². The molecule has 0 bridgehead atoms. The molecule has 1 aliphatic carbocycles. The molecule has 222 valence electrons. The van der Waals surface area contributed by atoms with Crippen molar-refractivity contribution >= 4 is 25.3 Å². The molecule has 6 aromatic rings. The monoisotopic (exact) mass is 618 g/mol. The second-order valence-corrected chi connectivity index (χ2v) is 13.4. The second kappa shape index (κ2) is 12.4. The van der Waals surface area contributed by atoms with Crippen molar-refractivity contribution in [3.05, 3.63) is 145 Å². The molecule has 0 radical (unpaired) electrons. The number of benzene rings is 6. The summed E-state index contributed by atoms with van der Waals surface area (Å²) < 4.78 is 0. The van der Waals surface area contributed by atoms with Gasteiger partial charge in [0.2, 0.25) is 0 Å². The van der Waals surface area contributed by atoms with Gasteiger partial charge in [0.05, 0.1) is 0 Å². The zero-order valence-electron chi connectivity index (χ0n) is 25.9. The number of hydrogen-bond acceptors (Lipinski definition) is 2. The summed E-state index contributed by atoms with van der Waals surface area (Å²) in [7, 11) is 0. The summed E-state index contributed by atoms with van der Waals surface area (Å²) in [6.07, 6.45) is 4.58. The van der Waals surface area contributed by atoms with Gasteiger partial charge in [0.1, 0.15) is 0 Å². The first-order valence-corrected chi connectivity index (χ1v) is 17.0. The van der Waals surface area contributed by atoms with Crippen LogP contribution in [0.2, 0.25) is 0 Å². The summed E-state index contributed by atoms with van der Waals surface area (Å²) in [6, 6.07) is 49.1. The maximum Gasteiger partial charge on any atom is 0.0215 e. The van der Waals surface area contributed by atoms with E-state index < -0.39 is 0 Å². The summed E-state index contributed by atoms with van der Waals surface area (Å²) in [5.74, 6) is 0. The van der Waals surface area contributed by atoms with E-state index in [9.17, 15) is 0 Å². The van der Waals surface area contributed by atoms with E-state index in [1.54, 1.807) is 0 Å². The van der Waals surface area contributed by atoms with Crippen LogP contribution in [0.1, 0.15) is 50.7 Å². The van der Waals surface area contributed by atoms with E-state index in [1.165, 1.54) is 66.8 Å². The molecular formula is C43H38S2. The Balaban J connectivity index is 1.26. The largest absolute Gasteiger partial charge is 0.143 e. The van der Waals surface area contributed by atoms with Crippen molar-refractivity contribution in [2.75, 3.05) is 0 Å². The van der Waals surface area contributed by atoms with Crippen molar-refractivity contribution in [1.82, 2.24) is 0 Å². The smallest absolute Gasteiger partial charge is 0.0215 e. The average Bonchev–Trinajstić information content (AvgIpc) is 3.34. The topological polar surface area (TPSA) is 0 Å². The van der Waals surface area contributed by atoms with Crippen molar-refractivity contribution in [3.63, 3.8) is 0 Å². The van der Waals surface area contributed by atoms with E-state index in [0.29, 0.717) is 0 Å². The quantitative estimate of drug-likeness (QED) is 0.156. The number of hydrogen-bond donors (Lipinski definition) is 2. The first kappa shape index (κ1) is 29.7. The van der Waals surface area contributed by atoms with Crippen molar-refractivity contribution in [2.24, 2.45) is 0 Å². The third-order valence-electron chi connectivity index (χ3n) is 9.55. The van der Waals surface area contributed by atoms with Crippen LogP contribution in [0.15, 0.2) is 143 Å². The number of thiol groups is 2. The van der Waals surface area contributed by atoms with E-state index in [2.05, 4.69) is 173 Å². The fourth-order valence-electron chi connectivity index (χ4n) is 7.39. The molecule has 0 nitrogen and oxygen atoms in total. The first-order chi connectivity index (χ1) is 22.0. The highest BCUT2D eigenvalue weighted by Crippen LogP contribution is 2.55. The Labute approximate surface area is 279 Å². The lowest BCUT2D eigenvalue weighted by molar-refractivity contribution is 0.436. The lowest BCUT2D eigenvalue weighted by Gasteiger charge is -2.32. The van der Waals surface area contributed by atoms with Gasteiger partial charge in [-0.15, -0.1) is 25.3 Å². The Kier molecular flexibility index (Phi) is 8.21. The Bertz CT molecular complexity index is 1800. The highest BCUT2D eigenvalue weighted by Gasteiger charge is 2.42. The highest BCUT2D eigenvalue weighted by atomic mass is 32.1. The van der Waals surface area contributed by atoms with Gasteiger partial charge in [0, 0.05) is 15.2 Å². The van der Waals surface area contributed by atoms with Gasteiger partial charge in [0.25, 0.3) is 0 Å². The van der Waals surface area contributed by atoms with Crippen molar-refractivity contribution in [3.8, 4) is 55.6 Å². The fraction of sp³-hybridized carbons (Fsp3) is 0.163. The summed E-state index contributed by atoms with van der Waals surface area (Å²) in [4.78, 5) is 1.97. The molecule has 0 spiro atoms. The zero-order valence-corrected chi connectivity index (χ0v) is 27.7. The minimum Gasteiger partial charge on any atom is -0.143 e. The molecule has 0 saturated heterocycles.